The van der Waals surface area contributed by atoms with Gasteiger partial charge in [0.25, 0.3) is 0 Å². The molecule has 1 radical (unpaired) electrons. The number of ether oxygens (including phenoxy) is 1. The van der Waals surface area contributed by atoms with E-state index in [1.807, 2.05) is 31.2 Å². The summed E-state index contributed by atoms with van der Waals surface area (Å²) in [7, 11) is 0. The Balaban J connectivity index is 0.000000424. The zero-order valence-corrected chi connectivity index (χ0v) is 12.2. The van der Waals surface area contributed by atoms with Gasteiger partial charge in [-0.1, -0.05) is 18.2 Å². The van der Waals surface area contributed by atoms with Gasteiger partial charge in [-0.3, -0.25) is 25.8 Å². The van der Waals surface area contributed by atoms with Gasteiger partial charge in [0, 0.05) is 0 Å². The van der Waals surface area contributed by atoms with Gasteiger partial charge in [0.05, 0.1) is 6.61 Å². The van der Waals surface area contributed by atoms with Crippen molar-refractivity contribution in [1.82, 2.24) is 0 Å². The highest BCUT2D eigenvalue weighted by atomic mass is 79.9. The van der Waals surface area contributed by atoms with Gasteiger partial charge in [0.2, 0.25) is 0 Å². The number of benzene rings is 1. The minimum Gasteiger partial charge on any atom is -0.494 e. The lowest BCUT2D eigenvalue weighted by atomic mass is 10.2. The molecule has 0 aliphatic heterocycles. The van der Waals surface area contributed by atoms with Crippen LogP contribution in [-0.2, 0) is 0 Å². The SMILES string of the molecule is [Br][Mg][Br].[CH2]c1ccccc1OCC. The monoisotopic (exact) mass is 317 g/mol. The van der Waals surface area contributed by atoms with Crippen LogP contribution in [0, 0.1) is 6.92 Å². The predicted molar refractivity (Wildman–Crippen MR) is 65.7 cm³/mol. The second kappa shape index (κ2) is 9.31. The highest BCUT2D eigenvalue weighted by Gasteiger charge is 1.93. The zero-order chi connectivity index (χ0) is 10.1. The van der Waals surface area contributed by atoms with E-state index in [-0.39, 0.29) is 16.0 Å². The highest BCUT2D eigenvalue weighted by Crippen LogP contribution is 2.15. The van der Waals surface area contributed by atoms with Crippen molar-refractivity contribution in [3.8, 4) is 5.75 Å². The molecule has 0 fully saturated rings. The summed E-state index contributed by atoms with van der Waals surface area (Å²) >= 11 is 6.44. The Labute approximate surface area is 102 Å². The number of rotatable bonds is 2. The van der Waals surface area contributed by atoms with E-state index in [1.54, 1.807) is 0 Å². The van der Waals surface area contributed by atoms with E-state index in [0.717, 1.165) is 11.3 Å². The molecule has 0 saturated carbocycles. The first kappa shape index (κ1) is 13.7. The zero-order valence-electron chi connectivity index (χ0n) is 7.59. The lowest BCUT2D eigenvalue weighted by molar-refractivity contribution is 0.339. The Morgan fingerprint density at radius 3 is 2.38 bits per heavy atom. The van der Waals surface area contributed by atoms with Crippen LogP contribution in [-0.4, -0.2) is 22.6 Å². The Bertz CT molecular complexity index is 231. The molecule has 0 aromatic heterocycles. The Hall–Kier alpha value is 0.746. The van der Waals surface area contributed by atoms with E-state index < -0.39 is 0 Å². The molecule has 0 amide bonds. The summed E-state index contributed by atoms with van der Waals surface area (Å²) in [5.74, 6) is 0.880. The average molecular weight is 319 g/mol. The number of halogens is 2. The van der Waals surface area contributed by atoms with Gasteiger partial charge >= 0.3 is 16.0 Å². The maximum atomic E-state index is 5.27. The fraction of sp³-hybridized carbons (Fsp3) is 0.222. The van der Waals surface area contributed by atoms with Crippen LogP contribution >= 0.6 is 25.8 Å². The van der Waals surface area contributed by atoms with E-state index in [0.29, 0.717) is 6.61 Å². The van der Waals surface area contributed by atoms with Crippen molar-refractivity contribution in [2.75, 3.05) is 6.61 Å². The summed E-state index contributed by atoms with van der Waals surface area (Å²) in [5, 5.41) is 0. The van der Waals surface area contributed by atoms with E-state index in [1.165, 1.54) is 0 Å². The Morgan fingerprint density at radius 2 is 1.92 bits per heavy atom. The number of para-hydroxylation sites is 1. The summed E-state index contributed by atoms with van der Waals surface area (Å²) in [6.07, 6.45) is 0. The van der Waals surface area contributed by atoms with Crippen molar-refractivity contribution >= 4 is 41.8 Å². The van der Waals surface area contributed by atoms with Crippen molar-refractivity contribution in [1.29, 1.82) is 0 Å². The molecule has 0 unspecified atom stereocenters. The molecule has 0 bridgehead atoms. The summed E-state index contributed by atoms with van der Waals surface area (Å²) in [6, 6.07) is 7.75. The maximum Gasteiger partial charge on any atom is 0.560 e. The average Bonchev–Trinajstić information content (AvgIpc) is 2.11. The van der Waals surface area contributed by atoms with E-state index in [4.69, 9.17) is 4.74 Å². The van der Waals surface area contributed by atoms with Crippen molar-refractivity contribution in [2.24, 2.45) is 0 Å². The molecule has 1 aromatic carbocycles. The molecule has 69 valence electrons. The first-order valence-electron chi connectivity index (χ1n) is 3.92. The van der Waals surface area contributed by atoms with Crippen LogP contribution in [0.5, 0.6) is 5.75 Å². The largest absolute Gasteiger partial charge is 0.560 e. The van der Waals surface area contributed by atoms with Crippen LogP contribution in [0.25, 0.3) is 0 Å². The lowest BCUT2D eigenvalue weighted by Gasteiger charge is -2.04. The van der Waals surface area contributed by atoms with Gasteiger partial charge < -0.3 is 4.74 Å². The van der Waals surface area contributed by atoms with Gasteiger partial charge in [-0.25, -0.2) is 0 Å². The van der Waals surface area contributed by atoms with Gasteiger partial charge in [-0.05, 0) is 25.5 Å². The molecule has 4 heteroatoms. The summed E-state index contributed by atoms with van der Waals surface area (Å²) < 4.78 is 5.27. The normalized spacial score (nSPS) is 8.00. The van der Waals surface area contributed by atoms with Crippen molar-refractivity contribution in [3.05, 3.63) is 36.8 Å². The third-order valence-electron chi connectivity index (χ3n) is 1.27. The molecular weight excluding hydrogens is 308 g/mol. The smallest absolute Gasteiger partial charge is 0.494 e. The molecule has 0 heterocycles. The molecule has 0 saturated heterocycles. The minimum atomic E-state index is 0.0417. The van der Waals surface area contributed by atoms with E-state index in [9.17, 15) is 0 Å². The van der Waals surface area contributed by atoms with Crippen molar-refractivity contribution in [3.63, 3.8) is 0 Å². The maximum absolute atomic E-state index is 5.27. The standard InChI is InChI=1S/C9H11O.2BrH.Mg/c1-3-10-9-7-5-4-6-8(9)2;;;/h4-7H,2-3H2,1H3;2*1H;/q;;;+2/p-2. The van der Waals surface area contributed by atoms with Crippen LogP contribution in [0.4, 0.5) is 0 Å². The van der Waals surface area contributed by atoms with Crippen molar-refractivity contribution in [2.45, 2.75) is 6.92 Å². The fourth-order valence-electron chi connectivity index (χ4n) is 0.800. The van der Waals surface area contributed by atoms with E-state index in [2.05, 4.69) is 32.7 Å². The second-order valence-electron chi connectivity index (χ2n) is 2.14. The Kier molecular flexibility index (Phi) is 9.84. The Morgan fingerprint density at radius 1 is 1.38 bits per heavy atom. The van der Waals surface area contributed by atoms with Gasteiger partial charge in [-0.15, -0.1) is 0 Å². The molecule has 1 aromatic rings. The van der Waals surface area contributed by atoms with Crippen LogP contribution in [0.2, 0.25) is 0 Å². The van der Waals surface area contributed by atoms with Crippen molar-refractivity contribution < 1.29 is 4.74 Å². The van der Waals surface area contributed by atoms with Gasteiger partial charge in [0.15, 0.2) is 0 Å². The minimum absolute atomic E-state index is 0.0417. The highest BCUT2D eigenvalue weighted by molar-refractivity contribution is 9.47. The van der Waals surface area contributed by atoms with Crippen LogP contribution in [0.3, 0.4) is 0 Å². The molecule has 1 nitrogen and oxygen atoms in total. The van der Waals surface area contributed by atoms with Gasteiger partial charge in [-0.2, -0.15) is 0 Å². The first-order chi connectivity index (χ1) is 6.26. The fourth-order valence-corrected chi connectivity index (χ4v) is 0.800. The van der Waals surface area contributed by atoms with Crippen LogP contribution in [0.1, 0.15) is 12.5 Å². The topological polar surface area (TPSA) is 9.23 Å². The van der Waals surface area contributed by atoms with E-state index >= 15 is 0 Å². The molecule has 0 aliphatic rings. The second-order valence-corrected chi connectivity index (χ2v) is 10.2. The van der Waals surface area contributed by atoms with Crippen LogP contribution in [0.15, 0.2) is 24.3 Å². The number of hydrogen-bond acceptors (Lipinski definition) is 1. The molecule has 0 atom stereocenters. The third kappa shape index (κ3) is 6.77. The molecule has 0 spiro atoms. The lowest BCUT2D eigenvalue weighted by Crippen LogP contribution is -1.92. The van der Waals surface area contributed by atoms with Crippen LogP contribution < -0.4 is 4.74 Å². The third-order valence-corrected chi connectivity index (χ3v) is 1.27. The number of hydrogen-bond donors (Lipinski definition) is 0. The van der Waals surface area contributed by atoms with Gasteiger partial charge in [0.1, 0.15) is 5.75 Å². The summed E-state index contributed by atoms with van der Waals surface area (Å²) in [4.78, 5) is 0. The first-order valence-corrected chi connectivity index (χ1v) is 11.7. The molecule has 0 aliphatic carbocycles. The molecule has 13 heavy (non-hydrogen) atoms. The molecule has 0 N–H and O–H groups in total. The molecule has 1 rings (SSSR count). The summed E-state index contributed by atoms with van der Waals surface area (Å²) in [5.41, 5.74) is 0.948. The molecular formula is C9H11Br2MgO. The quantitative estimate of drug-likeness (QED) is 0.757. The summed E-state index contributed by atoms with van der Waals surface area (Å²) in [6.45, 7) is 6.48. The predicted octanol–water partition coefficient (Wildman–Crippen LogP) is 3.58.